The fraction of sp³-hybridized carbons (Fsp3) is 0.750. The van der Waals surface area contributed by atoms with E-state index in [2.05, 4.69) is 0 Å². The van der Waals surface area contributed by atoms with Gasteiger partial charge in [-0.3, -0.25) is 33.6 Å². The lowest BCUT2D eigenvalue weighted by molar-refractivity contribution is -0.401. The minimum Gasteiger partial charge on any atom is -0.382 e. The van der Waals surface area contributed by atoms with Crippen molar-refractivity contribution in [3.8, 4) is 0 Å². The van der Waals surface area contributed by atoms with Gasteiger partial charge in [-0.25, -0.2) is 0 Å². The summed E-state index contributed by atoms with van der Waals surface area (Å²) in [6.07, 6.45) is -14.6. The molecule has 2 heterocycles. The van der Waals surface area contributed by atoms with Crippen LogP contribution in [0.25, 0.3) is 0 Å². The van der Waals surface area contributed by atoms with Gasteiger partial charge in [0.25, 0.3) is 0 Å². The minimum atomic E-state index is -4.25. The molecule has 0 amide bonds. The number of aliphatic hydroxyl groups is 8. The maximum Gasteiger partial charge on any atom is 0.199 e. The van der Waals surface area contributed by atoms with Crippen LogP contribution in [0.15, 0.2) is 0 Å². The van der Waals surface area contributed by atoms with Crippen LogP contribution in [0.4, 0.5) is 0 Å². The first-order valence-electron chi connectivity index (χ1n) is 13.9. The zero-order valence-corrected chi connectivity index (χ0v) is 27.1. The van der Waals surface area contributed by atoms with Crippen LogP contribution in [-0.2, 0) is 43.0 Å². The van der Waals surface area contributed by atoms with Gasteiger partial charge in [-0.05, 0) is 54.2 Å². The summed E-state index contributed by atoms with van der Waals surface area (Å²) < 4.78 is 11.1. The number of ether oxygens (including phenoxy) is 2. The molecule has 2 saturated heterocycles. The molecule has 0 spiro atoms. The molecular weight excluding hydrogens is 640 g/mol. The van der Waals surface area contributed by atoms with Gasteiger partial charge in [0.15, 0.2) is 74.1 Å². The van der Waals surface area contributed by atoms with Crippen LogP contribution in [0.3, 0.4) is 0 Å². The summed E-state index contributed by atoms with van der Waals surface area (Å²) in [5, 5.41) is 94.5. The third-order valence-corrected chi connectivity index (χ3v) is 10.2. The van der Waals surface area contributed by atoms with Gasteiger partial charge in [0.2, 0.25) is 0 Å². The largest absolute Gasteiger partial charge is 0.382 e. The van der Waals surface area contributed by atoms with E-state index in [1.807, 2.05) is 0 Å². The first kappa shape index (κ1) is 39.8. The quantitative estimate of drug-likeness (QED) is 0.0962. The molecule has 2 aliphatic heterocycles. The van der Waals surface area contributed by atoms with E-state index in [0.717, 1.165) is 6.92 Å². The topological polar surface area (TPSA) is 300 Å². The lowest BCUT2D eigenvalue weighted by Gasteiger charge is -2.66. The summed E-state index contributed by atoms with van der Waals surface area (Å²) in [5.41, 5.74) is -26.5. The second kappa shape index (κ2) is 12.6. The number of aliphatic hydroxyl groups excluding tert-OH is 2. The Balaban J connectivity index is 3.41. The molecule has 0 aromatic carbocycles. The van der Waals surface area contributed by atoms with Gasteiger partial charge in [-0.15, -0.1) is 11.8 Å². The van der Waals surface area contributed by atoms with Crippen LogP contribution in [0.5, 0.6) is 0 Å². The lowest BCUT2D eigenvalue weighted by Crippen LogP contribution is -2.95. The smallest absolute Gasteiger partial charge is 0.199 e. The molecule has 0 bridgehead atoms. The number of hydrogen-bond acceptors (Lipinski definition) is 18. The fourth-order valence-corrected chi connectivity index (χ4v) is 7.64. The van der Waals surface area contributed by atoms with E-state index in [4.69, 9.17) is 9.47 Å². The molecule has 0 aliphatic carbocycles. The van der Waals surface area contributed by atoms with Crippen LogP contribution in [0, 0.1) is 0 Å². The highest BCUT2D eigenvalue weighted by Crippen LogP contribution is 2.58. The Morgan fingerprint density at radius 3 is 1.30 bits per heavy atom. The number of Topliss-reactive ketones (excluding diaryl/α,β-unsaturated/α-hetero) is 7. The minimum absolute atomic E-state index is 0.0462. The van der Waals surface area contributed by atoms with Gasteiger partial charge in [0.1, 0.15) is 36.0 Å². The molecule has 2 unspecified atom stereocenters. The number of carbonyl (C=O) groups excluding carboxylic acids is 7. The molecule has 2 fully saturated rings. The van der Waals surface area contributed by atoms with Gasteiger partial charge < -0.3 is 50.3 Å². The van der Waals surface area contributed by atoms with Gasteiger partial charge in [0.05, 0.1) is 0 Å². The summed E-state index contributed by atoms with van der Waals surface area (Å²) in [6, 6.07) is 0. The van der Waals surface area contributed by atoms with Crippen molar-refractivity contribution in [2.24, 2.45) is 0 Å². The van der Waals surface area contributed by atoms with Crippen molar-refractivity contribution in [3.05, 3.63) is 0 Å². The highest BCUT2D eigenvalue weighted by Gasteiger charge is 2.88. The summed E-state index contributed by atoms with van der Waals surface area (Å²) in [5.74, 6) is -11.3. The number of carbonyl (C=O) groups is 7. The average Bonchev–Trinajstić information content (AvgIpc) is 2.94. The molecule has 0 aromatic rings. The highest BCUT2D eigenvalue weighted by atomic mass is 32.2. The second-order valence-corrected chi connectivity index (χ2v) is 13.1. The molecule has 260 valence electrons. The molecule has 18 heteroatoms. The number of thioether (sulfide) groups is 1. The van der Waals surface area contributed by atoms with Crippen LogP contribution in [-0.4, -0.2) is 157 Å². The Hall–Kier alpha value is -2.36. The standard InChI is InChI=1S/C28H40O17S/c1-9-46-22-25(40,14(6)33)28(43,16(8)35)26(41,20(45-22)18(37)11(3)30)21-24(39,13(5)32)27(42,15(7)34)23(38,12(4)31)19(44-21)17(36)10(2)29/h17-22,36-43H,9H2,1-8H3/t17?,18?,19-,20-,21-,22+,23+,24+,25+,26-,27+,28-/m1/s1. The van der Waals surface area contributed by atoms with Crippen molar-refractivity contribution < 1.29 is 83.9 Å². The van der Waals surface area contributed by atoms with Crippen LogP contribution in [0.2, 0.25) is 0 Å². The molecule has 0 aromatic heterocycles. The second-order valence-electron chi connectivity index (χ2n) is 11.7. The molecule has 0 saturated carbocycles. The van der Waals surface area contributed by atoms with E-state index >= 15 is 0 Å². The molecular formula is C28H40O17S. The molecule has 17 nitrogen and oxygen atoms in total. The van der Waals surface area contributed by atoms with Crippen LogP contribution >= 0.6 is 11.8 Å². The Kier molecular flexibility index (Phi) is 10.9. The summed E-state index contributed by atoms with van der Waals surface area (Å²) in [6.45, 7) is 5.34. The van der Waals surface area contributed by atoms with Crippen molar-refractivity contribution >= 4 is 52.2 Å². The maximum absolute atomic E-state index is 13.5. The number of hydrogen-bond donors (Lipinski definition) is 8. The summed E-state index contributed by atoms with van der Waals surface area (Å²) >= 11 is 0.530. The number of rotatable bonds is 12. The summed E-state index contributed by atoms with van der Waals surface area (Å²) in [4.78, 5) is 91.3. The third kappa shape index (κ3) is 4.73. The SMILES string of the molecule is CCS[C@@H]1O[C@H](C(O)C(C)=O)[C@@](O)([C@@H]2O[C@H](C(O)C(C)=O)[C@@](O)(C(C)=O)[C@@](O)(C(C)=O)[C@]2(O)C(C)=O)[C@@](O)(C(C)=O)[C@]1(O)C(C)=O. The van der Waals surface area contributed by atoms with E-state index in [0.29, 0.717) is 53.3 Å². The normalized spacial score (nSPS) is 42.4. The molecule has 0 radical (unpaired) electrons. The molecule has 8 N–H and O–H groups in total. The van der Waals surface area contributed by atoms with E-state index in [1.165, 1.54) is 6.92 Å². The fourth-order valence-electron chi connectivity index (χ4n) is 6.57. The van der Waals surface area contributed by atoms with Crippen LogP contribution in [0.1, 0.15) is 55.4 Å². The first-order valence-corrected chi connectivity index (χ1v) is 14.9. The maximum atomic E-state index is 13.5. The average molecular weight is 681 g/mol. The Bertz CT molecular complexity index is 1350. The van der Waals surface area contributed by atoms with Crippen molar-refractivity contribution in [2.75, 3.05) is 5.75 Å². The van der Waals surface area contributed by atoms with Gasteiger partial charge in [-0.2, -0.15) is 0 Å². The van der Waals surface area contributed by atoms with Crippen molar-refractivity contribution in [1.82, 2.24) is 0 Å². The van der Waals surface area contributed by atoms with E-state index in [1.54, 1.807) is 0 Å². The summed E-state index contributed by atoms with van der Waals surface area (Å²) in [7, 11) is 0. The van der Waals surface area contributed by atoms with Gasteiger partial charge in [-0.1, -0.05) is 6.92 Å². The lowest BCUT2D eigenvalue weighted by atomic mass is 9.51. The van der Waals surface area contributed by atoms with Gasteiger partial charge >= 0.3 is 0 Å². The predicted molar refractivity (Wildman–Crippen MR) is 152 cm³/mol. The highest BCUT2D eigenvalue weighted by molar-refractivity contribution is 7.99. The Morgan fingerprint density at radius 2 is 0.978 bits per heavy atom. The van der Waals surface area contributed by atoms with Crippen LogP contribution < -0.4 is 0 Å². The van der Waals surface area contributed by atoms with E-state index < -0.39 is 110 Å². The van der Waals surface area contributed by atoms with E-state index in [9.17, 15) is 74.4 Å². The molecule has 2 aliphatic rings. The third-order valence-electron chi connectivity index (χ3n) is 9.11. The molecule has 2 rings (SSSR count). The van der Waals surface area contributed by atoms with Crippen molar-refractivity contribution in [2.45, 2.75) is 125 Å². The Morgan fingerprint density at radius 1 is 0.587 bits per heavy atom. The Labute approximate surface area is 266 Å². The van der Waals surface area contributed by atoms with Gasteiger partial charge in [0, 0.05) is 0 Å². The molecule has 12 atom stereocenters. The predicted octanol–water partition coefficient (Wildman–Crippen LogP) is -4.54. The van der Waals surface area contributed by atoms with Crippen molar-refractivity contribution in [1.29, 1.82) is 0 Å². The van der Waals surface area contributed by atoms with Crippen molar-refractivity contribution in [3.63, 3.8) is 0 Å². The molecule has 46 heavy (non-hydrogen) atoms. The monoisotopic (exact) mass is 680 g/mol. The zero-order chi connectivity index (χ0) is 36.3. The van der Waals surface area contributed by atoms with E-state index in [-0.39, 0.29) is 5.75 Å². The number of ketones is 7. The first-order chi connectivity index (χ1) is 20.7. The zero-order valence-electron chi connectivity index (χ0n) is 26.3.